The lowest BCUT2D eigenvalue weighted by Crippen LogP contribution is -2.25. The highest BCUT2D eigenvalue weighted by atomic mass is 16.1. The molecule has 5 nitrogen and oxygen atoms in total. The highest BCUT2D eigenvalue weighted by Crippen LogP contribution is 2.05. The normalized spacial score (nSPS) is 11.0. The van der Waals surface area contributed by atoms with Crippen LogP contribution in [0.25, 0.3) is 0 Å². The van der Waals surface area contributed by atoms with Gasteiger partial charge < -0.3 is 5.73 Å². The van der Waals surface area contributed by atoms with Crippen molar-refractivity contribution in [2.24, 2.45) is 0 Å². The number of hydrogen-bond acceptors (Lipinski definition) is 3. The van der Waals surface area contributed by atoms with Gasteiger partial charge in [-0.15, -0.1) is 0 Å². The monoisotopic (exact) mass is 232 g/mol. The van der Waals surface area contributed by atoms with E-state index in [-0.39, 0.29) is 11.7 Å². The third kappa shape index (κ3) is 2.38. The lowest BCUT2D eigenvalue weighted by atomic mass is 10.2. The highest BCUT2D eigenvalue weighted by molar-refractivity contribution is 5.31. The summed E-state index contributed by atoms with van der Waals surface area (Å²) in [5.41, 5.74) is 6.57. The predicted octanol–water partition coefficient (Wildman–Crippen LogP) is 1.26. The van der Waals surface area contributed by atoms with Crippen molar-refractivity contribution in [3.05, 3.63) is 46.8 Å². The smallest absolute Gasteiger partial charge is 0.328 e. The Morgan fingerprint density at radius 3 is 2.76 bits per heavy atom. The van der Waals surface area contributed by atoms with Crippen molar-refractivity contribution in [3.8, 4) is 0 Å². The molecule has 90 valence electrons. The van der Waals surface area contributed by atoms with Crippen molar-refractivity contribution < 1.29 is 0 Å². The molecule has 2 N–H and O–H groups in total. The minimum Gasteiger partial charge on any atom is -0.384 e. The van der Waals surface area contributed by atoms with Gasteiger partial charge in [0.05, 0.1) is 6.54 Å². The molecule has 0 saturated heterocycles. The molecule has 5 heteroatoms. The summed E-state index contributed by atoms with van der Waals surface area (Å²) in [5.74, 6) is 0.471. The lowest BCUT2D eigenvalue weighted by Gasteiger charge is -2.05. The molecule has 0 saturated carbocycles. The van der Waals surface area contributed by atoms with E-state index in [0.717, 1.165) is 5.56 Å². The van der Waals surface area contributed by atoms with Crippen LogP contribution in [0, 0.1) is 0 Å². The third-order valence-electron chi connectivity index (χ3n) is 2.63. The molecule has 0 aliphatic carbocycles. The largest absolute Gasteiger partial charge is 0.384 e. The summed E-state index contributed by atoms with van der Waals surface area (Å²) in [5, 5.41) is 0. The Balaban J connectivity index is 2.28. The Labute approximate surface area is 99.5 Å². The molecule has 2 aromatic rings. The number of imidazole rings is 1. The zero-order valence-electron chi connectivity index (χ0n) is 10.00. The number of aromatic nitrogens is 3. The maximum Gasteiger partial charge on any atom is 0.328 e. The molecule has 17 heavy (non-hydrogen) atoms. The van der Waals surface area contributed by atoms with Gasteiger partial charge in [-0.1, -0.05) is 0 Å². The van der Waals surface area contributed by atoms with Gasteiger partial charge in [-0.3, -0.25) is 9.13 Å². The van der Waals surface area contributed by atoms with Crippen LogP contribution in [-0.2, 0) is 6.54 Å². The molecule has 2 rings (SSSR count). The number of nitrogen functional groups attached to an aromatic ring is 1. The average molecular weight is 232 g/mol. The summed E-state index contributed by atoms with van der Waals surface area (Å²) in [6.07, 6.45) is 5.24. The molecule has 0 spiro atoms. The molecule has 2 aromatic heterocycles. The molecule has 0 unspecified atom stereocenters. The van der Waals surface area contributed by atoms with Gasteiger partial charge in [0.25, 0.3) is 0 Å². The van der Waals surface area contributed by atoms with Crippen LogP contribution in [0.15, 0.2) is 35.5 Å². The van der Waals surface area contributed by atoms with E-state index in [4.69, 9.17) is 5.73 Å². The molecule has 0 radical (unpaired) electrons. The van der Waals surface area contributed by atoms with E-state index >= 15 is 0 Å². The number of nitrogens with two attached hydrogens (primary N) is 1. The Kier molecular flexibility index (Phi) is 2.99. The van der Waals surface area contributed by atoms with E-state index in [0.29, 0.717) is 12.4 Å². The van der Waals surface area contributed by atoms with E-state index in [1.54, 1.807) is 33.8 Å². The number of nitrogens with zero attached hydrogens (tertiary/aromatic N) is 3. The van der Waals surface area contributed by atoms with Gasteiger partial charge in [0, 0.05) is 24.6 Å². The van der Waals surface area contributed by atoms with E-state index in [1.807, 2.05) is 19.9 Å². The Morgan fingerprint density at radius 1 is 1.41 bits per heavy atom. The van der Waals surface area contributed by atoms with Gasteiger partial charge in [0.1, 0.15) is 5.82 Å². The highest BCUT2D eigenvalue weighted by Gasteiger charge is 2.06. The average Bonchev–Trinajstić information content (AvgIpc) is 2.61. The van der Waals surface area contributed by atoms with Crippen molar-refractivity contribution in [2.45, 2.75) is 26.4 Å². The second-order valence-corrected chi connectivity index (χ2v) is 4.30. The quantitative estimate of drug-likeness (QED) is 0.866. The second-order valence-electron chi connectivity index (χ2n) is 4.30. The van der Waals surface area contributed by atoms with Crippen molar-refractivity contribution in [1.82, 2.24) is 14.1 Å². The zero-order valence-corrected chi connectivity index (χ0v) is 10.00. The van der Waals surface area contributed by atoms with E-state index in [1.165, 1.54) is 0 Å². The predicted molar refractivity (Wildman–Crippen MR) is 66.8 cm³/mol. The first-order valence-corrected chi connectivity index (χ1v) is 5.55. The number of anilines is 1. The van der Waals surface area contributed by atoms with Crippen molar-refractivity contribution in [3.63, 3.8) is 0 Å². The maximum absolute atomic E-state index is 12.0. The lowest BCUT2D eigenvalue weighted by molar-refractivity contribution is 0.561. The molecular weight excluding hydrogens is 216 g/mol. The fourth-order valence-corrected chi connectivity index (χ4v) is 1.73. The Morgan fingerprint density at radius 2 is 2.18 bits per heavy atom. The molecule has 0 fully saturated rings. The number of rotatable bonds is 3. The molecule has 0 aromatic carbocycles. The van der Waals surface area contributed by atoms with Gasteiger partial charge in [-0.05, 0) is 31.5 Å². The van der Waals surface area contributed by atoms with Crippen LogP contribution < -0.4 is 11.4 Å². The Hall–Kier alpha value is -2.04. The van der Waals surface area contributed by atoms with Gasteiger partial charge in [0.15, 0.2) is 0 Å². The van der Waals surface area contributed by atoms with Crippen LogP contribution >= 0.6 is 0 Å². The summed E-state index contributed by atoms with van der Waals surface area (Å²) < 4.78 is 3.36. The van der Waals surface area contributed by atoms with Crippen LogP contribution in [0.1, 0.15) is 25.5 Å². The molecule has 0 atom stereocenters. The fraction of sp³-hybridized carbons (Fsp3) is 0.333. The minimum atomic E-state index is -0.00427. The van der Waals surface area contributed by atoms with Gasteiger partial charge >= 0.3 is 5.69 Å². The molecular formula is C12H16N4O. The SMILES string of the molecule is CC(C)n1ccn(Cc2ccnc(N)c2)c1=O. The number of hydrogen-bond donors (Lipinski definition) is 1. The van der Waals surface area contributed by atoms with Gasteiger partial charge in [-0.25, -0.2) is 9.78 Å². The van der Waals surface area contributed by atoms with Crippen LogP contribution in [0.5, 0.6) is 0 Å². The van der Waals surface area contributed by atoms with Crippen LogP contribution in [-0.4, -0.2) is 14.1 Å². The molecule has 2 heterocycles. The number of pyridine rings is 1. The standard InChI is InChI=1S/C12H16N4O/c1-9(2)16-6-5-15(12(16)17)8-10-3-4-14-11(13)7-10/h3-7,9H,8H2,1-2H3,(H2,13,14). The van der Waals surface area contributed by atoms with Gasteiger partial charge in [0.2, 0.25) is 0 Å². The van der Waals surface area contributed by atoms with E-state index < -0.39 is 0 Å². The van der Waals surface area contributed by atoms with Crippen LogP contribution in [0.4, 0.5) is 5.82 Å². The van der Waals surface area contributed by atoms with Crippen molar-refractivity contribution in [2.75, 3.05) is 5.73 Å². The van der Waals surface area contributed by atoms with Crippen LogP contribution in [0.2, 0.25) is 0 Å². The Bertz CT molecular complexity index is 568. The first-order chi connectivity index (χ1) is 8.08. The first kappa shape index (κ1) is 11.4. The molecule has 0 bridgehead atoms. The van der Waals surface area contributed by atoms with Crippen LogP contribution in [0.3, 0.4) is 0 Å². The summed E-state index contributed by atoms with van der Waals surface area (Å²) in [4.78, 5) is 15.9. The second kappa shape index (κ2) is 4.45. The topological polar surface area (TPSA) is 65.8 Å². The summed E-state index contributed by atoms with van der Waals surface area (Å²) >= 11 is 0. The molecule has 0 aliphatic heterocycles. The van der Waals surface area contributed by atoms with E-state index in [9.17, 15) is 4.79 Å². The first-order valence-electron chi connectivity index (χ1n) is 5.55. The van der Waals surface area contributed by atoms with Gasteiger partial charge in [-0.2, -0.15) is 0 Å². The third-order valence-corrected chi connectivity index (χ3v) is 2.63. The zero-order chi connectivity index (χ0) is 12.4. The summed E-state index contributed by atoms with van der Waals surface area (Å²) in [7, 11) is 0. The van der Waals surface area contributed by atoms with E-state index in [2.05, 4.69) is 4.98 Å². The summed E-state index contributed by atoms with van der Waals surface area (Å²) in [6, 6.07) is 3.81. The molecule has 0 aliphatic rings. The summed E-state index contributed by atoms with van der Waals surface area (Å²) in [6.45, 7) is 4.48. The van der Waals surface area contributed by atoms with Crippen molar-refractivity contribution >= 4 is 5.82 Å². The maximum atomic E-state index is 12.0. The molecule has 0 amide bonds. The minimum absolute atomic E-state index is 0.00427. The fourth-order valence-electron chi connectivity index (χ4n) is 1.73. The van der Waals surface area contributed by atoms with Crippen molar-refractivity contribution in [1.29, 1.82) is 0 Å².